The standard InChI is InChI=1S/C18H24F2N6O2S/c1-11(2)23-17-14(19)8-12(9-21-17)16-15(20)10-22-18(25-16)24-13-4-6-26(7-5-13)29(3,27)28/h8-11,13H,4-7H2,1-3H3,(H,21,23)(H,22,24,25). The van der Waals surface area contributed by atoms with E-state index < -0.39 is 21.7 Å². The second-order valence-corrected chi connectivity index (χ2v) is 9.31. The van der Waals surface area contributed by atoms with Gasteiger partial charge in [-0.2, -0.15) is 0 Å². The summed E-state index contributed by atoms with van der Waals surface area (Å²) in [4.78, 5) is 12.1. The summed E-state index contributed by atoms with van der Waals surface area (Å²) in [5, 5.41) is 5.98. The molecule has 0 radical (unpaired) electrons. The summed E-state index contributed by atoms with van der Waals surface area (Å²) in [7, 11) is -3.21. The molecule has 1 saturated heterocycles. The minimum absolute atomic E-state index is 0.00329. The highest BCUT2D eigenvalue weighted by Gasteiger charge is 2.25. The van der Waals surface area contributed by atoms with Crippen molar-refractivity contribution >= 4 is 21.8 Å². The van der Waals surface area contributed by atoms with E-state index in [9.17, 15) is 17.2 Å². The Morgan fingerprint density at radius 3 is 2.41 bits per heavy atom. The fourth-order valence-electron chi connectivity index (χ4n) is 3.10. The topological polar surface area (TPSA) is 100 Å². The van der Waals surface area contributed by atoms with Crippen LogP contribution < -0.4 is 10.6 Å². The first kappa shape index (κ1) is 21.3. The quantitative estimate of drug-likeness (QED) is 0.732. The van der Waals surface area contributed by atoms with Crippen LogP contribution in [-0.4, -0.2) is 59.1 Å². The van der Waals surface area contributed by atoms with Crippen molar-refractivity contribution in [1.29, 1.82) is 0 Å². The molecule has 0 bridgehead atoms. The summed E-state index contributed by atoms with van der Waals surface area (Å²) in [5.74, 6) is -0.997. The molecule has 3 heterocycles. The summed E-state index contributed by atoms with van der Waals surface area (Å²) in [6.07, 6.45) is 4.72. The summed E-state index contributed by atoms with van der Waals surface area (Å²) < 4.78 is 53.2. The molecule has 0 unspecified atom stereocenters. The predicted octanol–water partition coefficient (Wildman–Crippen LogP) is 2.47. The summed E-state index contributed by atoms with van der Waals surface area (Å²) in [6.45, 7) is 4.50. The molecule has 29 heavy (non-hydrogen) atoms. The maximum atomic E-state index is 14.3. The number of nitrogens with zero attached hydrogens (tertiary/aromatic N) is 4. The Balaban J connectivity index is 1.75. The molecule has 2 N–H and O–H groups in total. The minimum Gasteiger partial charge on any atom is -0.365 e. The highest BCUT2D eigenvalue weighted by Crippen LogP contribution is 2.25. The number of hydrogen-bond donors (Lipinski definition) is 2. The molecule has 0 amide bonds. The Morgan fingerprint density at radius 2 is 1.83 bits per heavy atom. The van der Waals surface area contributed by atoms with Gasteiger partial charge in [-0.25, -0.2) is 36.5 Å². The first-order valence-electron chi connectivity index (χ1n) is 9.30. The number of anilines is 2. The lowest BCUT2D eigenvalue weighted by molar-refractivity contribution is 0.331. The average molecular weight is 426 g/mol. The van der Waals surface area contributed by atoms with E-state index >= 15 is 0 Å². The Hall–Kier alpha value is -2.40. The molecular formula is C18H24F2N6O2S. The Bertz CT molecular complexity index is 978. The number of aromatic nitrogens is 3. The monoisotopic (exact) mass is 426 g/mol. The maximum absolute atomic E-state index is 14.3. The zero-order valence-corrected chi connectivity index (χ0v) is 17.3. The molecule has 0 aromatic carbocycles. The molecule has 0 aliphatic carbocycles. The van der Waals surface area contributed by atoms with Gasteiger partial charge in [0.25, 0.3) is 0 Å². The van der Waals surface area contributed by atoms with E-state index in [-0.39, 0.29) is 35.1 Å². The molecule has 158 valence electrons. The molecule has 11 heteroatoms. The van der Waals surface area contributed by atoms with Gasteiger partial charge in [-0.3, -0.25) is 0 Å². The van der Waals surface area contributed by atoms with Gasteiger partial charge in [0.15, 0.2) is 17.5 Å². The summed E-state index contributed by atoms with van der Waals surface area (Å²) >= 11 is 0. The van der Waals surface area contributed by atoms with E-state index in [0.717, 1.165) is 6.20 Å². The molecule has 0 atom stereocenters. The van der Waals surface area contributed by atoms with E-state index in [4.69, 9.17) is 0 Å². The minimum atomic E-state index is -3.21. The first-order chi connectivity index (χ1) is 13.6. The highest BCUT2D eigenvalue weighted by molar-refractivity contribution is 7.88. The van der Waals surface area contributed by atoms with E-state index in [1.165, 1.54) is 22.8 Å². The lowest BCUT2D eigenvalue weighted by atomic mass is 10.1. The average Bonchev–Trinajstić information content (AvgIpc) is 2.64. The largest absolute Gasteiger partial charge is 0.365 e. The molecule has 3 rings (SSSR count). The van der Waals surface area contributed by atoms with Crippen LogP contribution in [0.15, 0.2) is 18.5 Å². The highest BCUT2D eigenvalue weighted by atomic mass is 32.2. The molecular weight excluding hydrogens is 402 g/mol. The number of piperidine rings is 1. The van der Waals surface area contributed by atoms with Crippen molar-refractivity contribution < 1.29 is 17.2 Å². The van der Waals surface area contributed by atoms with Crippen LogP contribution in [-0.2, 0) is 10.0 Å². The third-order valence-electron chi connectivity index (χ3n) is 4.54. The molecule has 2 aromatic heterocycles. The second kappa shape index (κ2) is 8.54. The van der Waals surface area contributed by atoms with Crippen molar-refractivity contribution in [3.63, 3.8) is 0 Å². The van der Waals surface area contributed by atoms with Crippen molar-refractivity contribution in [1.82, 2.24) is 19.3 Å². The lowest BCUT2D eigenvalue weighted by Gasteiger charge is -2.30. The van der Waals surface area contributed by atoms with Crippen LogP contribution >= 0.6 is 0 Å². The first-order valence-corrected chi connectivity index (χ1v) is 11.1. The van der Waals surface area contributed by atoms with Crippen LogP contribution in [0.3, 0.4) is 0 Å². The van der Waals surface area contributed by atoms with E-state index in [0.29, 0.717) is 25.9 Å². The number of rotatable bonds is 6. The molecule has 8 nitrogen and oxygen atoms in total. The van der Waals surface area contributed by atoms with Crippen LogP contribution in [0.2, 0.25) is 0 Å². The van der Waals surface area contributed by atoms with Gasteiger partial charge in [0.1, 0.15) is 5.69 Å². The Morgan fingerprint density at radius 1 is 1.14 bits per heavy atom. The molecule has 0 spiro atoms. The second-order valence-electron chi connectivity index (χ2n) is 7.32. The number of sulfonamides is 1. The lowest BCUT2D eigenvalue weighted by Crippen LogP contribution is -2.42. The van der Waals surface area contributed by atoms with Gasteiger partial charge in [-0.15, -0.1) is 0 Å². The molecule has 1 aliphatic heterocycles. The third kappa shape index (κ3) is 5.36. The van der Waals surface area contributed by atoms with Gasteiger partial charge >= 0.3 is 0 Å². The van der Waals surface area contributed by atoms with Crippen LogP contribution in [0.4, 0.5) is 20.5 Å². The number of halogens is 2. The van der Waals surface area contributed by atoms with Crippen molar-refractivity contribution in [3.8, 4) is 11.3 Å². The number of hydrogen-bond acceptors (Lipinski definition) is 7. The third-order valence-corrected chi connectivity index (χ3v) is 5.84. The SMILES string of the molecule is CC(C)Nc1ncc(-c2nc(NC3CCN(S(C)(=O)=O)CC3)ncc2F)cc1F. The van der Waals surface area contributed by atoms with Crippen molar-refractivity contribution in [2.75, 3.05) is 30.0 Å². The zero-order chi connectivity index (χ0) is 21.2. The maximum Gasteiger partial charge on any atom is 0.223 e. The van der Waals surface area contributed by atoms with Gasteiger partial charge in [0, 0.05) is 36.9 Å². The normalized spacial score (nSPS) is 16.2. The molecule has 1 fully saturated rings. The summed E-state index contributed by atoms with van der Waals surface area (Å²) in [6, 6.07) is 1.14. The van der Waals surface area contributed by atoms with Crippen LogP contribution in [0.1, 0.15) is 26.7 Å². The van der Waals surface area contributed by atoms with Crippen LogP contribution in [0.25, 0.3) is 11.3 Å². The number of pyridine rings is 1. The smallest absolute Gasteiger partial charge is 0.223 e. The van der Waals surface area contributed by atoms with Crippen LogP contribution in [0.5, 0.6) is 0 Å². The Labute approximate surface area is 168 Å². The van der Waals surface area contributed by atoms with Gasteiger partial charge in [0.05, 0.1) is 12.5 Å². The zero-order valence-electron chi connectivity index (χ0n) is 16.5. The predicted molar refractivity (Wildman–Crippen MR) is 107 cm³/mol. The van der Waals surface area contributed by atoms with E-state index in [2.05, 4.69) is 25.6 Å². The Kier molecular flexibility index (Phi) is 6.27. The number of nitrogens with one attached hydrogen (secondary N) is 2. The van der Waals surface area contributed by atoms with Crippen LogP contribution in [0, 0.1) is 11.6 Å². The van der Waals surface area contributed by atoms with Gasteiger partial charge in [-0.05, 0) is 32.8 Å². The summed E-state index contributed by atoms with van der Waals surface area (Å²) in [5.41, 5.74) is 0.144. The van der Waals surface area contributed by atoms with E-state index in [1.807, 2.05) is 13.8 Å². The molecule has 1 aliphatic rings. The fourth-order valence-corrected chi connectivity index (χ4v) is 3.97. The van der Waals surface area contributed by atoms with E-state index in [1.54, 1.807) is 0 Å². The van der Waals surface area contributed by atoms with Crippen molar-refractivity contribution in [3.05, 3.63) is 30.1 Å². The van der Waals surface area contributed by atoms with Crippen molar-refractivity contribution in [2.24, 2.45) is 0 Å². The van der Waals surface area contributed by atoms with Gasteiger partial charge in [-0.1, -0.05) is 0 Å². The van der Waals surface area contributed by atoms with Crippen molar-refractivity contribution in [2.45, 2.75) is 38.8 Å². The molecule has 2 aromatic rings. The van der Waals surface area contributed by atoms with Gasteiger partial charge in [0.2, 0.25) is 16.0 Å². The molecule has 0 saturated carbocycles. The fraction of sp³-hybridized carbons (Fsp3) is 0.500. The van der Waals surface area contributed by atoms with Gasteiger partial charge < -0.3 is 10.6 Å².